The minimum Gasteiger partial charge on any atom is -0.494 e. The first-order valence-corrected chi connectivity index (χ1v) is 11.3. The molecule has 0 amide bonds. The van der Waals surface area contributed by atoms with Crippen LogP contribution < -0.4 is 10.1 Å². The molecule has 2 heterocycles. The Bertz CT molecular complexity index is 819. The van der Waals surface area contributed by atoms with E-state index in [9.17, 15) is 0 Å². The largest absolute Gasteiger partial charge is 0.494 e. The van der Waals surface area contributed by atoms with Crippen LogP contribution in [0.1, 0.15) is 42.7 Å². The van der Waals surface area contributed by atoms with Crippen molar-refractivity contribution in [2.75, 3.05) is 40.3 Å². The van der Waals surface area contributed by atoms with Gasteiger partial charge in [-0.25, -0.2) is 4.98 Å². The molecule has 2 aromatic rings. The number of aromatic nitrogens is 1. The zero-order valence-electron chi connectivity index (χ0n) is 19.6. The lowest BCUT2D eigenvalue weighted by atomic mass is 9.97. The fraction of sp³-hybridized carbons (Fsp3) is 0.583. The van der Waals surface area contributed by atoms with Crippen molar-refractivity contribution in [3.8, 4) is 5.75 Å². The first-order valence-electron chi connectivity index (χ1n) is 11.3. The highest BCUT2D eigenvalue weighted by Crippen LogP contribution is 2.19. The number of aryl methyl sites for hydroxylation is 2. The molecule has 0 atom stereocenters. The predicted molar refractivity (Wildman–Crippen MR) is 124 cm³/mol. The van der Waals surface area contributed by atoms with Crippen LogP contribution in [0.2, 0.25) is 0 Å². The summed E-state index contributed by atoms with van der Waals surface area (Å²) in [6.45, 7) is 11.4. The standard InChI is InChI=1S/C24H37N5O2/c1-6-30-22-9-7-21(8-10-22)16-28(5)24(25-4)26-15-20-11-13-29(14-12-20)17-23-27-18(2)19(3)31-23/h7-10,20H,6,11-17H2,1-5H3,(H,25,26). The molecule has 0 saturated carbocycles. The summed E-state index contributed by atoms with van der Waals surface area (Å²) in [6.07, 6.45) is 2.34. The molecule has 1 aliphatic heterocycles. The molecular formula is C24H37N5O2. The smallest absolute Gasteiger partial charge is 0.208 e. The van der Waals surface area contributed by atoms with Gasteiger partial charge in [-0.2, -0.15) is 0 Å². The van der Waals surface area contributed by atoms with Gasteiger partial charge in [0.05, 0.1) is 18.8 Å². The Hall–Kier alpha value is -2.54. The highest BCUT2D eigenvalue weighted by Gasteiger charge is 2.21. The zero-order chi connectivity index (χ0) is 22.2. The van der Waals surface area contributed by atoms with Gasteiger partial charge in [0.15, 0.2) is 5.96 Å². The monoisotopic (exact) mass is 427 g/mol. The third kappa shape index (κ3) is 6.72. The summed E-state index contributed by atoms with van der Waals surface area (Å²) in [7, 11) is 3.93. The van der Waals surface area contributed by atoms with Gasteiger partial charge >= 0.3 is 0 Å². The second kappa shape index (κ2) is 11.2. The van der Waals surface area contributed by atoms with Gasteiger partial charge in [0.25, 0.3) is 0 Å². The molecule has 0 bridgehead atoms. The third-order valence-electron chi connectivity index (χ3n) is 5.92. The Balaban J connectivity index is 1.41. The SMILES string of the molecule is CCOc1ccc(CN(C)C(=NC)NCC2CCN(Cc3nc(C)c(C)o3)CC2)cc1. The van der Waals surface area contributed by atoms with Crippen molar-refractivity contribution < 1.29 is 9.15 Å². The van der Waals surface area contributed by atoms with Gasteiger partial charge in [0.2, 0.25) is 5.89 Å². The molecule has 0 spiro atoms. The number of rotatable bonds is 8. The number of oxazole rings is 1. The predicted octanol–water partition coefficient (Wildman–Crippen LogP) is 3.61. The molecule has 1 fully saturated rings. The number of likely N-dealkylation sites (tertiary alicyclic amines) is 1. The number of piperidine rings is 1. The Kier molecular flexibility index (Phi) is 8.35. The molecule has 1 aromatic heterocycles. The molecule has 0 aliphatic carbocycles. The highest BCUT2D eigenvalue weighted by atomic mass is 16.5. The summed E-state index contributed by atoms with van der Waals surface area (Å²) in [4.78, 5) is 13.6. The van der Waals surface area contributed by atoms with Gasteiger partial charge in [-0.05, 0) is 70.3 Å². The summed E-state index contributed by atoms with van der Waals surface area (Å²) in [6, 6.07) is 8.28. The van der Waals surface area contributed by atoms with E-state index < -0.39 is 0 Å². The van der Waals surface area contributed by atoms with Crippen LogP contribution >= 0.6 is 0 Å². The fourth-order valence-corrected chi connectivity index (χ4v) is 3.97. The van der Waals surface area contributed by atoms with Crippen LogP contribution in [0.25, 0.3) is 0 Å². The van der Waals surface area contributed by atoms with Gasteiger partial charge in [0, 0.05) is 27.2 Å². The number of aliphatic imine (C=N–C) groups is 1. The van der Waals surface area contributed by atoms with Gasteiger partial charge in [-0.15, -0.1) is 0 Å². The number of hydrogen-bond acceptors (Lipinski definition) is 5. The zero-order valence-corrected chi connectivity index (χ0v) is 19.6. The van der Waals surface area contributed by atoms with Crippen LogP contribution in [-0.4, -0.2) is 61.1 Å². The molecule has 0 unspecified atom stereocenters. The second-order valence-corrected chi connectivity index (χ2v) is 8.33. The van der Waals surface area contributed by atoms with E-state index in [0.29, 0.717) is 12.5 Å². The van der Waals surface area contributed by atoms with Crippen molar-refractivity contribution in [2.45, 2.75) is 46.7 Å². The van der Waals surface area contributed by atoms with Gasteiger partial charge in [0.1, 0.15) is 11.5 Å². The maximum absolute atomic E-state index is 5.74. The molecule has 7 heteroatoms. The van der Waals surface area contributed by atoms with E-state index in [2.05, 4.69) is 44.3 Å². The fourth-order valence-electron chi connectivity index (χ4n) is 3.97. The van der Waals surface area contributed by atoms with Crippen molar-refractivity contribution in [2.24, 2.45) is 10.9 Å². The van der Waals surface area contributed by atoms with E-state index in [1.54, 1.807) is 0 Å². The first kappa shape index (κ1) is 23.1. The van der Waals surface area contributed by atoms with Crippen LogP contribution in [0.15, 0.2) is 33.7 Å². The molecule has 1 saturated heterocycles. The van der Waals surface area contributed by atoms with Crippen LogP contribution in [0.4, 0.5) is 0 Å². The van der Waals surface area contributed by atoms with Gasteiger partial charge in [-0.3, -0.25) is 9.89 Å². The maximum Gasteiger partial charge on any atom is 0.208 e. The Labute approximate surface area is 186 Å². The summed E-state index contributed by atoms with van der Waals surface area (Å²) < 4.78 is 11.3. The number of benzene rings is 1. The summed E-state index contributed by atoms with van der Waals surface area (Å²) in [5.41, 5.74) is 2.23. The molecule has 1 N–H and O–H groups in total. The molecule has 1 aromatic carbocycles. The van der Waals surface area contributed by atoms with Crippen LogP contribution in [-0.2, 0) is 13.1 Å². The number of nitrogens with one attached hydrogen (secondary N) is 1. The number of nitrogens with zero attached hydrogens (tertiary/aromatic N) is 4. The van der Waals surface area contributed by atoms with Gasteiger partial charge < -0.3 is 19.4 Å². The van der Waals surface area contributed by atoms with E-state index in [-0.39, 0.29) is 0 Å². The van der Waals surface area contributed by atoms with Gasteiger partial charge in [-0.1, -0.05) is 12.1 Å². The molecule has 7 nitrogen and oxygen atoms in total. The summed E-state index contributed by atoms with van der Waals surface area (Å²) in [5.74, 6) is 4.26. The lowest BCUT2D eigenvalue weighted by Gasteiger charge is -2.32. The normalized spacial score (nSPS) is 15.8. The van der Waals surface area contributed by atoms with E-state index >= 15 is 0 Å². The van der Waals surface area contributed by atoms with Crippen molar-refractivity contribution >= 4 is 5.96 Å². The molecule has 170 valence electrons. The van der Waals surface area contributed by atoms with Crippen LogP contribution in [0.3, 0.4) is 0 Å². The van der Waals surface area contributed by atoms with E-state index in [1.165, 1.54) is 18.4 Å². The van der Waals surface area contributed by atoms with Crippen molar-refractivity contribution in [3.63, 3.8) is 0 Å². The highest BCUT2D eigenvalue weighted by molar-refractivity contribution is 5.79. The molecule has 1 aliphatic rings. The van der Waals surface area contributed by atoms with E-state index in [0.717, 1.165) is 61.8 Å². The lowest BCUT2D eigenvalue weighted by molar-refractivity contribution is 0.163. The minimum atomic E-state index is 0.653. The number of hydrogen-bond donors (Lipinski definition) is 1. The van der Waals surface area contributed by atoms with E-state index in [1.807, 2.05) is 40.0 Å². The van der Waals surface area contributed by atoms with Crippen molar-refractivity contribution in [1.82, 2.24) is 20.1 Å². The molecule has 31 heavy (non-hydrogen) atoms. The van der Waals surface area contributed by atoms with Crippen LogP contribution in [0, 0.1) is 19.8 Å². The summed E-state index contributed by atoms with van der Waals surface area (Å²) in [5, 5.41) is 3.57. The third-order valence-corrected chi connectivity index (χ3v) is 5.92. The minimum absolute atomic E-state index is 0.653. The van der Waals surface area contributed by atoms with Crippen molar-refractivity contribution in [1.29, 1.82) is 0 Å². The lowest BCUT2D eigenvalue weighted by Crippen LogP contribution is -2.43. The second-order valence-electron chi connectivity index (χ2n) is 8.33. The first-order chi connectivity index (χ1) is 15.0. The maximum atomic E-state index is 5.74. The summed E-state index contributed by atoms with van der Waals surface area (Å²) >= 11 is 0. The number of guanidine groups is 1. The Morgan fingerprint density at radius 1 is 1.26 bits per heavy atom. The Morgan fingerprint density at radius 2 is 1.97 bits per heavy atom. The molecular weight excluding hydrogens is 390 g/mol. The average molecular weight is 428 g/mol. The van der Waals surface area contributed by atoms with Crippen molar-refractivity contribution in [3.05, 3.63) is 47.2 Å². The van der Waals surface area contributed by atoms with E-state index in [4.69, 9.17) is 9.15 Å². The molecule has 0 radical (unpaired) electrons. The Morgan fingerprint density at radius 3 is 2.55 bits per heavy atom. The number of ether oxygens (including phenoxy) is 1. The topological polar surface area (TPSA) is 66.1 Å². The average Bonchev–Trinajstić information content (AvgIpc) is 3.08. The van der Waals surface area contributed by atoms with Crippen LogP contribution in [0.5, 0.6) is 5.75 Å². The quantitative estimate of drug-likeness (QED) is 0.513. The molecule has 3 rings (SSSR count).